The molecule has 0 aliphatic rings. The molecule has 1 aromatic carbocycles. The second kappa shape index (κ2) is 9.03. The van der Waals surface area contributed by atoms with Crippen molar-refractivity contribution in [2.45, 2.75) is 32.0 Å². The molecule has 3 aromatic rings. The number of aromatic nitrogens is 4. The molecule has 0 aliphatic carbocycles. The van der Waals surface area contributed by atoms with E-state index in [0.29, 0.717) is 12.8 Å². The fourth-order valence-electron chi connectivity index (χ4n) is 2.67. The normalized spacial score (nSPS) is 12.5. The van der Waals surface area contributed by atoms with Crippen molar-refractivity contribution in [1.82, 2.24) is 19.6 Å². The molecule has 164 valence electrons. The summed E-state index contributed by atoms with van der Waals surface area (Å²) in [5, 5.41) is 14.2. The van der Waals surface area contributed by atoms with Gasteiger partial charge in [-0.05, 0) is 25.5 Å². The first-order valence-electron chi connectivity index (χ1n) is 8.95. The highest BCUT2D eigenvalue weighted by Gasteiger charge is 2.37. The van der Waals surface area contributed by atoms with Crippen molar-refractivity contribution in [1.29, 1.82) is 0 Å². The SMILES string of the molecule is CC(Nc1c(-c2c(F)cc(C#CCCCO)cc2F)c(Cl)nc2ncnn12)C(F)(F)F. The van der Waals surface area contributed by atoms with E-state index < -0.39 is 46.0 Å². The van der Waals surface area contributed by atoms with E-state index in [0.717, 1.165) is 29.9 Å². The highest BCUT2D eigenvalue weighted by atomic mass is 35.5. The molecule has 0 fully saturated rings. The molecule has 31 heavy (non-hydrogen) atoms. The summed E-state index contributed by atoms with van der Waals surface area (Å²) in [4.78, 5) is 7.63. The van der Waals surface area contributed by atoms with Crippen LogP contribution in [0.4, 0.5) is 27.8 Å². The van der Waals surface area contributed by atoms with E-state index in [1.165, 1.54) is 0 Å². The molecule has 2 N–H and O–H groups in total. The van der Waals surface area contributed by atoms with Crippen LogP contribution in [-0.2, 0) is 0 Å². The van der Waals surface area contributed by atoms with Crippen molar-refractivity contribution in [2.75, 3.05) is 11.9 Å². The standard InChI is InChI=1S/C19H15ClF5N5O/c1-10(19(23,24)25)28-17-15(16(20)29-18-26-9-27-30(17)18)14-12(21)7-11(8-13(14)22)5-3-2-4-6-31/h7-10,28,31H,2,4,6H2,1H3. The Hall–Kier alpha value is -2.97. The number of unbranched alkanes of at least 4 members (excludes halogenated alkanes) is 1. The van der Waals surface area contributed by atoms with Gasteiger partial charge in [0.15, 0.2) is 0 Å². The number of nitrogens with one attached hydrogen (secondary N) is 1. The number of halogens is 6. The van der Waals surface area contributed by atoms with Crippen LogP contribution in [0.1, 0.15) is 25.3 Å². The maximum absolute atomic E-state index is 14.9. The Balaban J connectivity index is 2.17. The molecule has 3 rings (SSSR count). The predicted octanol–water partition coefficient (Wildman–Crippen LogP) is 4.21. The summed E-state index contributed by atoms with van der Waals surface area (Å²) in [5.74, 6) is 2.45. The first-order valence-corrected chi connectivity index (χ1v) is 9.33. The van der Waals surface area contributed by atoms with E-state index >= 15 is 0 Å². The fraction of sp³-hybridized carbons (Fsp3) is 0.316. The summed E-state index contributed by atoms with van der Waals surface area (Å²) in [6.45, 7) is 0.761. The van der Waals surface area contributed by atoms with Crippen molar-refractivity contribution in [2.24, 2.45) is 0 Å². The molecule has 0 bridgehead atoms. The molecular formula is C19H15ClF5N5O. The lowest BCUT2D eigenvalue weighted by Crippen LogP contribution is -2.34. The molecule has 0 saturated heterocycles. The predicted molar refractivity (Wildman–Crippen MR) is 103 cm³/mol. The number of aliphatic hydroxyl groups excluding tert-OH is 1. The number of alkyl halides is 3. The van der Waals surface area contributed by atoms with Crippen molar-refractivity contribution in [3.63, 3.8) is 0 Å². The van der Waals surface area contributed by atoms with Gasteiger partial charge < -0.3 is 10.4 Å². The van der Waals surface area contributed by atoms with E-state index in [-0.39, 0.29) is 17.9 Å². The average molecular weight is 460 g/mol. The number of rotatable bonds is 5. The van der Waals surface area contributed by atoms with Gasteiger partial charge in [-0.2, -0.15) is 32.8 Å². The number of nitrogens with zero attached hydrogens (tertiary/aromatic N) is 4. The molecule has 2 aromatic heterocycles. The lowest BCUT2D eigenvalue weighted by atomic mass is 10.0. The van der Waals surface area contributed by atoms with E-state index in [1.54, 1.807) is 0 Å². The van der Waals surface area contributed by atoms with Gasteiger partial charge in [0.05, 0.1) is 11.1 Å². The summed E-state index contributed by atoms with van der Waals surface area (Å²) in [6, 6.07) is -0.230. The molecule has 0 radical (unpaired) electrons. The number of hydrogen-bond donors (Lipinski definition) is 2. The van der Waals surface area contributed by atoms with Crippen molar-refractivity contribution in [3.8, 4) is 23.0 Å². The average Bonchev–Trinajstić information content (AvgIpc) is 3.14. The Morgan fingerprint density at radius 1 is 1.23 bits per heavy atom. The van der Waals surface area contributed by atoms with Crippen LogP contribution in [0.3, 0.4) is 0 Å². The van der Waals surface area contributed by atoms with Crippen LogP contribution in [-0.4, -0.2) is 43.5 Å². The number of fused-ring (bicyclic) bond motifs is 1. The molecule has 2 heterocycles. The van der Waals surface area contributed by atoms with Gasteiger partial charge in [0, 0.05) is 18.6 Å². The Kier molecular flexibility index (Phi) is 6.62. The van der Waals surface area contributed by atoms with Gasteiger partial charge in [0.1, 0.15) is 35.0 Å². The fourth-order valence-corrected chi connectivity index (χ4v) is 2.93. The minimum atomic E-state index is -4.66. The molecule has 0 amide bonds. The topological polar surface area (TPSA) is 75.3 Å². The molecule has 12 heteroatoms. The molecule has 6 nitrogen and oxygen atoms in total. The van der Waals surface area contributed by atoms with Gasteiger partial charge in [-0.15, -0.1) is 0 Å². The van der Waals surface area contributed by atoms with Gasteiger partial charge in [0.2, 0.25) is 0 Å². The van der Waals surface area contributed by atoms with E-state index in [9.17, 15) is 22.0 Å². The zero-order valence-corrected chi connectivity index (χ0v) is 16.7. The number of hydrogen-bond acceptors (Lipinski definition) is 5. The van der Waals surface area contributed by atoms with E-state index in [4.69, 9.17) is 16.7 Å². The van der Waals surface area contributed by atoms with Crippen LogP contribution in [0.2, 0.25) is 5.15 Å². The number of aliphatic hydroxyl groups is 1. The maximum Gasteiger partial charge on any atom is 0.408 e. The summed E-state index contributed by atoms with van der Waals surface area (Å²) < 4.78 is 70.1. The Bertz CT molecular complexity index is 1150. The Morgan fingerprint density at radius 2 is 1.90 bits per heavy atom. The number of anilines is 1. The molecule has 0 spiro atoms. The molecular weight excluding hydrogens is 445 g/mol. The van der Waals surface area contributed by atoms with E-state index in [2.05, 4.69) is 32.2 Å². The van der Waals surface area contributed by atoms with Gasteiger partial charge in [-0.25, -0.2) is 8.78 Å². The Labute approximate surface area is 178 Å². The van der Waals surface area contributed by atoms with Gasteiger partial charge in [0.25, 0.3) is 5.78 Å². The van der Waals surface area contributed by atoms with Crippen molar-refractivity contribution in [3.05, 3.63) is 40.8 Å². The third-order valence-corrected chi connectivity index (χ3v) is 4.49. The second-order valence-electron chi connectivity index (χ2n) is 6.45. The van der Waals surface area contributed by atoms with Crippen LogP contribution < -0.4 is 5.32 Å². The molecule has 0 aliphatic heterocycles. The molecule has 1 unspecified atom stereocenters. The largest absolute Gasteiger partial charge is 0.408 e. The second-order valence-corrected chi connectivity index (χ2v) is 6.81. The lowest BCUT2D eigenvalue weighted by Gasteiger charge is -2.21. The third kappa shape index (κ3) is 4.86. The van der Waals surface area contributed by atoms with Gasteiger partial charge >= 0.3 is 6.18 Å². The molecule has 1 atom stereocenters. The maximum atomic E-state index is 14.9. The monoisotopic (exact) mass is 459 g/mol. The summed E-state index contributed by atoms with van der Waals surface area (Å²) in [7, 11) is 0. The third-order valence-electron chi connectivity index (χ3n) is 4.21. The van der Waals surface area contributed by atoms with E-state index in [1.807, 2.05) is 0 Å². The molecule has 0 saturated carbocycles. The van der Waals surface area contributed by atoms with Crippen molar-refractivity contribution >= 4 is 23.2 Å². The minimum Gasteiger partial charge on any atom is -0.396 e. The zero-order valence-electron chi connectivity index (χ0n) is 15.9. The Morgan fingerprint density at radius 3 is 2.52 bits per heavy atom. The summed E-state index contributed by atoms with van der Waals surface area (Å²) >= 11 is 6.10. The first-order chi connectivity index (χ1) is 14.6. The minimum absolute atomic E-state index is 0.0146. The quantitative estimate of drug-likeness (QED) is 0.259. The van der Waals surface area contributed by atoms with Gasteiger partial charge in [-0.3, -0.25) is 0 Å². The summed E-state index contributed by atoms with van der Waals surface area (Å²) in [5.41, 5.74) is -1.11. The van der Waals surface area contributed by atoms with Crippen LogP contribution in [0.15, 0.2) is 18.5 Å². The van der Waals surface area contributed by atoms with Crippen LogP contribution in [0.5, 0.6) is 0 Å². The summed E-state index contributed by atoms with van der Waals surface area (Å²) in [6.07, 6.45) is -2.92. The van der Waals surface area contributed by atoms with Crippen LogP contribution >= 0.6 is 11.6 Å². The number of benzene rings is 1. The van der Waals surface area contributed by atoms with Crippen molar-refractivity contribution < 1.29 is 27.1 Å². The highest BCUT2D eigenvalue weighted by molar-refractivity contribution is 6.33. The first kappa shape index (κ1) is 22.7. The zero-order chi connectivity index (χ0) is 22.8. The van der Waals surface area contributed by atoms with Gasteiger partial charge in [-0.1, -0.05) is 23.4 Å². The van der Waals surface area contributed by atoms with Crippen LogP contribution in [0.25, 0.3) is 16.9 Å². The van der Waals surface area contributed by atoms with Crippen LogP contribution in [0, 0.1) is 23.5 Å². The lowest BCUT2D eigenvalue weighted by molar-refractivity contribution is -0.138. The highest BCUT2D eigenvalue weighted by Crippen LogP contribution is 2.38. The smallest absolute Gasteiger partial charge is 0.396 e.